The van der Waals surface area contributed by atoms with Gasteiger partial charge in [-0.05, 0) is 64.3 Å². The average molecular weight is 590 g/mol. The van der Waals surface area contributed by atoms with Crippen molar-refractivity contribution in [3.63, 3.8) is 0 Å². The van der Waals surface area contributed by atoms with Crippen molar-refractivity contribution in [2.75, 3.05) is 51.8 Å². The van der Waals surface area contributed by atoms with E-state index < -0.39 is 0 Å². The fourth-order valence-electron chi connectivity index (χ4n) is 6.55. The first-order valence-electron chi connectivity index (χ1n) is 15.1. The molecule has 0 N–H and O–H groups in total. The summed E-state index contributed by atoms with van der Waals surface area (Å²) < 4.78 is 18.3. The van der Waals surface area contributed by atoms with Crippen molar-refractivity contribution in [1.29, 1.82) is 5.26 Å². The van der Waals surface area contributed by atoms with Gasteiger partial charge in [0.15, 0.2) is 6.29 Å². The highest BCUT2D eigenvalue weighted by Crippen LogP contribution is 2.36. The number of allylic oxidation sites excluding steroid dienone is 4. The Labute approximate surface area is 253 Å². The van der Waals surface area contributed by atoms with Gasteiger partial charge in [0.25, 0.3) is 0 Å². The predicted molar refractivity (Wildman–Crippen MR) is 160 cm³/mol. The van der Waals surface area contributed by atoms with Crippen molar-refractivity contribution in [3.8, 4) is 12.1 Å². The number of likely N-dealkylation sites (N-methyl/N-ethyl adjacent to an activating group) is 1. The summed E-state index contributed by atoms with van der Waals surface area (Å²) in [4.78, 5) is 40.4. The Bertz CT molecular complexity index is 1290. The summed E-state index contributed by atoms with van der Waals surface area (Å²) in [6, 6.07) is 2.28. The summed E-state index contributed by atoms with van der Waals surface area (Å²) in [5, 5.41) is 9.52. The van der Waals surface area contributed by atoms with E-state index in [0.717, 1.165) is 37.9 Å². The number of anilines is 1. The third-order valence-corrected chi connectivity index (χ3v) is 9.00. The van der Waals surface area contributed by atoms with E-state index in [9.17, 15) is 14.9 Å². The molecule has 1 aliphatic carbocycles. The lowest BCUT2D eigenvalue weighted by Crippen LogP contribution is -2.55. The van der Waals surface area contributed by atoms with E-state index in [4.69, 9.17) is 19.2 Å². The third kappa shape index (κ3) is 6.92. The number of hydrogen-bond acceptors (Lipinski definition) is 10. The van der Waals surface area contributed by atoms with Gasteiger partial charge in [0.2, 0.25) is 5.91 Å². The summed E-state index contributed by atoms with van der Waals surface area (Å²) >= 11 is 0. The molecule has 3 saturated heterocycles. The number of hydrogen-bond donors (Lipinski definition) is 0. The van der Waals surface area contributed by atoms with Crippen molar-refractivity contribution >= 4 is 18.0 Å². The van der Waals surface area contributed by atoms with Crippen LogP contribution in [-0.2, 0) is 20.7 Å². The standard InChI is InChI=1S/C32H41N6O5/c1-4-30(40)38-17-16-37(19-23(38)13-14-33)31-25(11-12-28-29(41-3)18-22-8-5-6-10-27(22)43-28)26(20-39)34-32(35-31)42-21-24-9-7-15-36(24)2/h4-6,8,10,20,22-24,28-29H,1,7,9,11-13,15-19,21H2,2-3H3/t22?,23?,24?,28-,29?/m0/s1. The van der Waals surface area contributed by atoms with Crippen LogP contribution in [0.4, 0.5) is 5.82 Å². The Morgan fingerprint density at radius 2 is 2.12 bits per heavy atom. The summed E-state index contributed by atoms with van der Waals surface area (Å²) in [5.41, 5.74) is 0.973. The zero-order valence-electron chi connectivity index (χ0n) is 25.1. The monoisotopic (exact) mass is 589 g/mol. The van der Waals surface area contributed by atoms with Crippen molar-refractivity contribution in [2.45, 2.75) is 62.8 Å². The maximum absolute atomic E-state index is 12.5. The van der Waals surface area contributed by atoms with Crippen LogP contribution in [0.2, 0.25) is 0 Å². The fourth-order valence-corrected chi connectivity index (χ4v) is 6.55. The molecule has 4 unspecified atom stereocenters. The number of fused-ring (bicyclic) bond motifs is 1. The first-order valence-corrected chi connectivity index (χ1v) is 15.1. The second-order valence-corrected chi connectivity index (χ2v) is 11.6. The quantitative estimate of drug-likeness (QED) is 0.281. The fraction of sp³-hybridized carbons (Fsp3) is 0.562. The highest BCUT2D eigenvalue weighted by Gasteiger charge is 2.37. The first-order chi connectivity index (χ1) is 20.9. The molecule has 0 spiro atoms. The second-order valence-electron chi connectivity index (χ2n) is 11.6. The normalized spacial score (nSPS) is 27.1. The van der Waals surface area contributed by atoms with Crippen LogP contribution in [0.5, 0.6) is 6.01 Å². The van der Waals surface area contributed by atoms with Crippen molar-refractivity contribution in [3.05, 3.63) is 54.3 Å². The van der Waals surface area contributed by atoms with Crippen LogP contribution in [0.1, 0.15) is 48.2 Å². The highest BCUT2D eigenvalue weighted by atomic mass is 16.5. The van der Waals surface area contributed by atoms with Crippen LogP contribution < -0.4 is 9.64 Å². The predicted octanol–water partition coefficient (Wildman–Crippen LogP) is 2.89. The minimum atomic E-state index is -0.345. The Morgan fingerprint density at radius 1 is 1.26 bits per heavy atom. The maximum Gasteiger partial charge on any atom is 0.319 e. The number of carbonyl (C=O) groups excluding carboxylic acids is 2. The Hall–Kier alpha value is -3.75. The molecule has 11 heteroatoms. The first kappa shape index (κ1) is 30.7. The average Bonchev–Trinajstić information content (AvgIpc) is 3.46. The summed E-state index contributed by atoms with van der Waals surface area (Å²) in [5.74, 6) is 1.51. The number of aromatic nitrogens is 2. The zero-order valence-corrected chi connectivity index (χ0v) is 25.1. The van der Waals surface area contributed by atoms with Gasteiger partial charge < -0.3 is 28.9 Å². The molecule has 0 bridgehead atoms. The second kappa shape index (κ2) is 14.1. The van der Waals surface area contributed by atoms with Gasteiger partial charge in [-0.2, -0.15) is 15.2 Å². The van der Waals surface area contributed by atoms with Crippen molar-refractivity contribution in [1.82, 2.24) is 19.8 Å². The van der Waals surface area contributed by atoms with Crippen molar-refractivity contribution in [2.24, 2.45) is 5.92 Å². The molecular weight excluding hydrogens is 548 g/mol. The topological polar surface area (TPSA) is 121 Å². The number of aldehydes is 1. The van der Waals surface area contributed by atoms with E-state index in [0.29, 0.717) is 50.5 Å². The molecule has 3 fully saturated rings. The molecule has 0 aromatic carbocycles. The van der Waals surface area contributed by atoms with Crippen LogP contribution in [0, 0.1) is 23.7 Å². The van der Waals surface area contributed by atoms with Crippen LogP contribution in [0.25, 0.3) is 0 Å². The lowest BCUT2D eigenvalue weighted by atomic mass is 9.86. The lowest BCUT2D eigenvalue weighted by Gasteiger charge is -2.41. The third-order valence-electron chi connectivity index (χ3n) is 9.00. The molecule has 4 aliphatic rings. The molecule has 1 aromatic heterocycles. The van der Waals surface area contributed by atoms with Crippen LogP contribution in [0.15, 0.2) is 36.6 Å². The molecule has 1 aromatic rings. The molecular formula is C32H41N6O5. The lowest BCUT2D eigenvalue weighted by molar-refractivity contribution is -0.128. The molecule has 1 amide bonds. The van der Waals surface area contributed by atoms with Gasteiger partial charge in [0.1, 0.15) is 30.0 Å². The molecule has 229 valence electrons. The molecule has 43 heavy (non-hydrogen) atoms. The van der Waals surface area contributed by atoms with Gasteiger partial charge in [-0.1, -0.05) is 18.7 Å². The van der Waals surface area contributed by atoms with Gasteiger partial charge in [-0.15, -0.1) is 0 Å². The van der Waals surface area contributed by atoms with Gasteiger partial charge in [-0.25, -0.2) is 0 Å². The molecule has 11 nitrogen and oxygen atoms in total. The molecule has 5 rings (SSSR count). The molecule has 5 atom stereocenters. The SMILES string of the molecule is C=CC(=O)N1CCN(c2nc(OCC3CCCN3C)nc(C=O)c2CC[C@@H]2OC3=CC=C[CH]C3CC2OC)CC1CC#N. The summed E-state index contributed by atoms with van der Waals surface area (Å²) in [7, 11) is 3.78. The van der Waals surface area contributed by atoms with Crippen LogP contribution in [-0.4, -0.2) is 103 Å². The van der Waals surface area contributed by atoms with E-state index in [1.54, 1.807) is 12.0 Å². The number of rotatable bonds is 11. The number of methoxy groups -OCH3 is 1. The Kier molecular flexibility index (Phi) is 10.1. The smallest absolute Gasteiger partial charge is 0.319 e. The van der Waals surface area contributed by atoms with E-state index in [1.165, 1.54) is 6.08 Å². The maximum atomic E-state index is 12.5. The van der Waals surface area contributed by atoms with E-state index >= 15 is 0 Å². The number of piperazine rings is 1. The number of ether oxygens (including phenoxy) is 3. The van der Waals surface area contributed by atoms with Crippen LogP contribution >= 0.6 is 0 Å². The van der Waals surface area contributed by atoms with Gasteiger partial charge in [0.05, 0.1) is 24.6 Å². The molecule has 4 heterocycles. The minimum absolute atomic E-state index is 0.103. The summed E-state index contributed by atoms with van der Waals surface area (Å²) in [6.07, 6.45) is 14.1. The highest BCUT2D eigenvalue weighted by molar-refractivity contribution is 5.87. The number of nitriles is 1. The van der Waals surface area contributed by atoms with Gasteiger partial charge in [-0.3, -0.25) is 9.59 Å². The van der Waals surface area contributed by atoms with Gasteiger partial charge >= 0.3 is 6.01 Å². The Balaban J connectivity index is 1.42. The number of nitrogens with zero attached hydrogens (tertiary/aromatic N) is 6. The molecule has 1 radical (unpaired) electrons. The van der Waals surface area contributed by atoms with Crippen LogP contribution in [0.3, 0.4) is 0 Å². The molecule has 3 aliphatic heterocycles. The van der Waals surface area contributed by atoms with Crippen molar-refractivity contribution < 1.29 is 23.8 Å². The Morgan fingerprint density at radius 3 is 2.84 bits per heavy atom. The van der Waals surface area contributed by atoms with E-state index in [2.05, 4.69) is 36.0 Å². The largest absolute Gasteiger partial charge is 0.492 e. The van der Waals surface area contributed by atoms with Gasteiger partial charge in [0, 0.05) is 44.3 Å². The van der Waals surface area contributed by atoms with E-state index in [-0.39, 0.29) is 54.2 Å². The minimum Gasteiger partial charge on any atom is -0.492 e. The number of likely N-dealkylation sites (tertiary alicyclic amines) is 1. The number of carbonyl (C=O) groups is 2. The van der Waals surface area contributed by atoms with E-state index in [1.807, 2.05) is 23.1 Å². The summed E-state index contributed by atoms with van der Waals surface area (Å²) in [6.45, 7) is 6.34. The molecule has 0 saturated carbocycles. The number of amides is 1. The zero-order chi connectivity index (χ0) is 30.3.